The van der Waals surface area contributed by atoms with E-state index in [2.05, 4.69) is 32.3 Å². The topological polar surface area (TPSA) is 119 Å². The second-order valence-electron chi connectivity index (χ2n) is 7.43. The molecule has 5 N–H and O–H groups in total. The maximum absolute atomic E-state index is 12.6. The van der Waals surface area contributed by atoms with Crippen LogP contribution in [0.4, 0.5) is 11.6 Å². The lowest BCUT2D eigenvalue weighted by Crippen LogP contribution is -2.48. The quantitative estimate of drug-likeness (QED) is 0.586. The molecule has 2 aromatic rings. The van der Waals surface area contributed by atoms with E-state index in [4.69, 9.17) is 27.8 Å². The van der Waals surface area contributed by atoms with Gasteiger partial charge < -0.3 is 26.4 Å². The van der Waals surface area contributed by atoms with Crippen molar-refractivity contribution < 1.29 is 9.53 Å². The van der Waals surface area contributed by atoms with Gasteiger partial charge >= 0.3 is 0 Å². The van der Waals surface area contributed by atoms with Crippen LogP contribution in [-0.2, 0) is 6.42 Å². The summed E-state index contributed by atoms with van der Waals surface area (Å²) in [6, 6.07) is 8.31. The molecular weight excluding hydrogens is 404 g/mol. The first-order valence-electron chi connectivity index (χ1n) is 10.3. The molecule has 1 unspecified atom stereocenters. The zero-order chi connectivity index (χ0) is 21.5. The van der Waals surface area contributed by atoms with Crippen LogP contribution in [-0.4, -0.2) is 53.1 Å². The van der Waals surface area contributed by atoms with E-state index in [0.29, 0.717) is 6.61 Å². The van der Waals surface area contributed by atoms with Crippen LogP contribution in [0.5, 0.6) is 5.75 Å². The van der Waals surface area contributed by atoms with Crippen LogP contribution in [0.25, 0.3) is 0 Å². The van der Waals surface area contributed by atoms with Gasteiger partial charge in [0.25, 0.3) is 5.91 Å². The summed E-state index contributed by atoms with van der Waals surface area (Å²) < 4.78 is 5.48. The van der Waals surface area contributed by atoms with Gasteiger partial charge in [0, 0.05) is 12.6 Å². The van der Waals surface area contributed by atoms with Crippen LogP contribution in [0, 0.1) is 0 Å². The second kappa shape index (κ2) is 10.4. The molecule has 1 aliphatic heterocycles. The molecule has 1 saturated heterocycles. The summed E-state index contributed by atoms with van der Waals surface area (Å²) in [5.74, 6) is 0.534. The molecule has 2 heterocycles. The number of aryl methyl sites for hydroxylation is 1. The van der Waals surface area contributed by atoms with Gasteiger partial charge in [-0.1, -0.05) is 23.7 Å². The lowest BCUT2D eigenvalue weighted by molar-refractivity contribution is 0.0899. The number of amides is 1. The van der Waals surface area contributed by atoms with Crippen LogP contribution < -0.4 is 21.5 Å². The molecule has 0 saturated carbocycles. The average molecular weight is 433 g/mol. The Morgan fingerprint density at radius 1 is 1.27 bits per heavy atom. The Balaban J connectivity index is 1.47. The summed E-state index contributed by atoms with van der Waals surface area (Å²) in [6.45, 7) is 5.47. The van der Waals surface area contributed by atoms with E-state index in [0.717, 1.165) is 51.1 Å². The molecule has 8 nitrogen and oxygen atoms in total. The minimum atomic E-state index is -0.372. The van der Waals surface area contributed by atoms with Gasteiger partial charge in [-0.05, 0) is 63.4 Å². The number of carbonyl (C=O) groups is 1. The Hall–Kier alpha value is -2.58. The number of nitrogen functional groups attached to an aromatic ring is 2. The van der Waals surface area contributed by atoms with Crippen LogP contribution in [0.2, 0.25) is 5.15 Å². The van der Waals surface area contributed by atoms with Crippen molar-refractivity contribution in [2.24, 2.45) is 0 Å². The maximum Gasteiger partial charge on any atom is 0.274 e. The van der Waals surface area contributed by atoms with Crippen LogP contribution in [0.1, 0.15) is 42.2 Å². The van der Waals surface area contributed by atoms with Crippen molar-refractivity contribution in [3.8, 4) is 5.75 Å². The third-order valence-electron chi connectivity index (χ3n) is 5.13. The Labute approximate surface area is 182 Å². The Morgan fingerprint density at radius 3 is 2.77 bits per heavy atom. The highest BCUT2D eigenvalue weighted by Crippen LogP contribution is 2.19. The SMILES string of the molecule is CCOc1ccc(CCCN2CCCC(NC(=O)c3nc(Cl)c(N)nc3N)C2)cc1. The van der Waals surface area contributed by atoms with E-state index in [9.17, 15) is 4.79 Å². The fraction of sp³-hybridized carbons (Fsp3) is 0.476. The maximum atomic E-state index is 12.6. The molecule has 1 aromatic carbocycles. The molecule has 9 heteroatoms. The number of nitrogens with two attached hydrogens (primary N) is 2. The van der Waals surface area contributed by atoms with Gasteiger partial charge in [0.1, 0.15) is 5.75 Å². The molecule has 1 aromatic heterocycles. The van der Waals surface area contributed by atoms with Gasteiger partial charge in [0.05, 0.1) is 6.61 Å². The molecule has 0 bridgehead atoms. The molecule has 30 heavy (non-hydrogen) atoms. The van der Waals surface area contributed by atoms with Gasteiger partial charge in [-0.2, -0.15) is 0 Å². The molecule has 1 fully saturated rings. The minimum absolute atomic E-state index is 0.0156. The van der Waals surface area contributed by atoms with Crippen molar-refractivity contribution in [2.45, 2.75) is 38.6 Å². The zero-order valence-electron chi connectivity index (χ0n) is 17.2. The van der Waals surface area contributed by atoms with E-state index in [1.807, 2.05) is 19.1 Å². The monoisotopic (exact) mass is 432 g/mol. The smallest absolute Gasteiger partial charge is 0.274 e. The van der Waals surface area contributed by atoms with Gasteiger partial charge in [0.2, 0.25) is 0 Å². The normalized spacial score (nSPS) is 16.9. The van der Waals surface area contributed by atoms with Gasteiger partial charge in [0.15, 0.2) is 22.5 Å². The lowest BCUT2D eigenvalue weighted by atomic mass is 10.0. The number of hydrogen-bond acceptors (Lipinski definition) is 7. The number of nitrogens with one attached hydrogen (secondary N) is 1. The molecule has 3 rings (SSSR count). The molecule has 1 atom stereocenters. The Bertz CT molecular complexity index is 861. The van der Waals surface area contributed by atoms with E-state index in [1.54, 1.807) is 0 Å². The number of benzene rings is 1. The fourth-order valence-electron chi connectivity index (χ4n) is 3.66. The third-order valence-corrected chi connectivity index (χ3v) is 5.41. The van der Waals surface area contributed by atoms with E-state index >= 15 is 0 Å². The highest BCUT2D eigenvalue weighted by molar-refractivity contribution is 6.31. The molecular formula is C21H29ClN6O2. The largest absolute Gasteiger partial charge is 0.494 e. The van der Waals surface area contributed by atoms with Crippen molar-refractivity contribution in [1.29, 1.82) is 0 Å². The number of rotatable bonds is 8. The summed E-state index contributed by atoms with van der Waals surface area (Å²) >= 11 is 5.88. The predicted molar refractivity (Wildman–Crippen MR) is 119 cm³/mol. The number of likely N-dealkylation sites (tertiary alicyclic amines) is 1. The summed E-state index contributed by atoms with van der Waals surface area (Å²) in [7, 11) is 0. The minimum Gasteiger partial charge on any atom is -0.494 e. The molecule has 162 valence electrons. The number of carbonyl (C=O) groups excluding carboxylic acids is 1. The van der Waals surface area contributed by atoms with Crippen molar-refractivity contribution in [3.63, 3.8) is 0 Å². The number of anilines is 2. The number of ether oxygens (including phenoxy) is 1. The van der Waals surface area contributed by atoms with Crippen LogP contribution >= 0.6 is 11.6 Å². The van der Waals surface area contributed by atoms with Crippen molar-refractivity contribution >= 4 is 29.1 Å². The van der Waals surface area contributed by atoms with E-state index in [-0.39, 0.29) is 34.4 Å². The van der Waals surface area contributed by atoms with Crippen LogP contribution in [0.15, 0.2) is 24.3 Å². The van der Waals surface area contributed by atoms with Gasteiger partial charge in [-0.15, -0.1) is 0 Å². The Morgan fingerprint density at radius 2 is 2.03 bits per heavy atom. The van der Waals surface area contributed by atoms with Crippen molar-refractivity contribution in [2.75, 3.05) is 37.7 Å². The summed E-state index contributed by atoms with van der Waals surface area (Å²) in [6.07, 6.45) is 4.01. The van der Waals surface area contributed by atoms with E-state index in [1.165, 1.54) is 5.56 Å². The zero-order valence-corrected chi connectivity index (χ0v) is 18.0. The highest BCUT2D eigenvalue weighted by atomic mass is 35.5. The summed E-state index contributed by atoms with van der Waals surface area (Å²) in [5, 5.41) is 2.98. The lowest BCUT2D eigenvalue weighted by Gasteiger charge is -2.33. The van der Waals surface area contributed by atoms with Crippen LogP contribution in [0.3, 0.4) is 0 Å². The predicted octanol–water partition coefficient (Wildman–Crippen LogP) is 2.52. The van der Waals surface area contributed by atoms with Crippen molar-refractivity contribution in [1.82, 2.24) is 20.2 Å². The number of aromatic nitrogens is 2. The number of nitrogens with zero attached hydrogens (tertiary/aromatic N) is 3. The molecule has 1 aliphatic rings. The first-order valence-corrected chi connectivity index (χ1v) is 10.7. The Kier molecular flexibility index (Phi) is 7.70. The first kappa shape index (κ1) is 22.1. The number of halogens is 1. The van der Waals surface area contributed by atoms with Gasteiger partial charge in [-0.25, -0.2) is 9.97 Å². The molecule has 0 radical (unpaired) electrons. The second-order valence-corrected chi connectivity index (χ2v) is 7.79. The van der Waals surface area contributed by atoms with Gasteiger partial charge in [-0.3, -0.25) is 4.79 Å². The standard InChI is InChI=1S/C21H29ClN6O2/c1-2-30-16-9-7-14(8-10-16)5-3-11-28-12-4-6-15(13-28)25-21(29)17-19(23)27-20(24)18(22)26-17/h7-10,15H,2-6,11-13H2,1H3,(H,25,29)(H4,23,24,27). The third kappa shape index (κ3) is 5.96. The number of piperidine rings is 1. The molecule has 0 spiro atoms. The van der Waals surface area contributed by atoms with E-state index < -0.39 is 0 Å². The average Bonchev–Trinajstić information content (AvgIpc) is 2.72. The number of hydrogen-bond donors (Lipinski definition) is 3. The first-order chi connectivity index (χ1) is 14.5. The fourth-order valence-corrected chi connectivity index (χ4v) is 3.79. The molecule has 0 aliphatic carbocycles. The summed E-state index contributed by atoms with van der Waals surface area (Å²) in [5.41, 5.74) is 12.7. The summed E-state index contributed by atoms with van der Waals surface area (Å²) in [4.78, 5) is 22.8. The van der Waals surface area contributed by atoms with Crippen molar-refractivity contribution in [3.05, 3.63) is 40.7 Å². The highest BCUT2D eigenvalue weighted by Gasteiger charge is 2.24. The molecule has 1 amide bonds.